The van der Waals surface area contributed by atoms with Crippen molar-refractivity contribution in [3.05, 3.63) is 28.8 Å². The average Bonchev–Trinajstić information content (AvgIpc) is 2.24. The second kappa shape index (κ2) is 6.33. The van der Waals surface area contributed by atoms with Crippen molar-refractivity contribution in [2.75, 3.05) is 18.1 Å². The van der Waals surface area contributed by atoms with Gasteiger partial charge < -0.3 is 11.1 Å². The minimum atomic E-state index is -0.866. The van der Waals surface area contributed by atoms with Crippen molar-refractivity contribution in [1.82, 2.24) is 0 Å². The molecule has 0 fully saturated rings. The molecule has 0 aliphatic rings. The van der Waals surface area contributed by atoms with Crippen molar-refractivity contribution in [3.63, 3.8) is 0 Å². The van der Waals surface area contributed by atoms with Gasteiger partial charge in [-0.1, -0.05) is 29.9 Å². The van der Waals surface area contributed by atoms with Gasteiger partial charge in [0.15, 0.2) is 0 Å². The topological polar surface area (TPSA) is 55.1 Å². The molecule has 0 bridgehead atoms. The highest BCUT2D eigenvalue weighted by Gasteiger charge is 2.11. The summed E-state index contributed by atoms with van der Waals surface area (Å²) in [5.41, 5.74) is 7.05. The van der Waals surface area contributed by atoms with Gasteiger partial charge in [-0.05, 0) is 19.1 Å². The molecule has 2 atom stereocenters. The smallest absolute Gasteiger partial charge is 0.107 e. The van der Waals surface area contributed by atoms with Crippen LogP contribution in [0.15, 0.2) is 18.2 Å². The Bertz CT molecular complexity index is 451. The van der Waals surface area contributed by atoms with Crippen LogP contribution in [0.3, 0.4) is 0 Å². The average molecular weight is 291 g/mol. The van der Waals surface area contributed by atoms with Crippen LogP contribution < -0.4 is 11.1 Å². The van der Waals surface area contributed by atoms with E-state index in [0.29, 0.717) is 17.1 Å². The van der Waals surface area contributed by atoms with E-state index in [1.807, 2.05) is 19.1 Å². The van der Waals surface area contributed by atoms with Crippen LogP contribution in [0.1, 0.15) is 12.5 Å². The van der Waals surface area contributed by atoms with Gasteiger partial charge in [0.1, 0.15) is 4.99 Å². The third-order valence-corrected chi connectivity index (χ3v) is 4.23. The van der Waals surface area contributed by atoms with Crippen molar-refractivity contribution in [2.24, 2.45) is 5.73 Å². The van der Waals surface area contributed by atoms with Crippen molar-refractivity contribution in [3.8, 4) is 0 Å². The van der Waals surface area contributed by atoms with Gasteiger partial charge in [-0.2, -0.15) is 0 Å². The molecular weight excluding hydrogens is 276 g/mol. The lowest BCUT2D eigenvalue weighted by Gasteiger charge is -2.15. The third kappa shape index (κ3) is 3.94. The molecule has 0 saturated heterocycles. The number of nitrogens with one attached hydrogen (secondary N) is 1. The number of halogens is 1. The second-order valence-corrected chi connectivity index (χ2v) is 6.37. The van der Waals surface area contributed by atoms with Crippen LogP contribution >= 0.6 is 23.8 Å². The first-order valence-electron chi connectivity index (χ1n) is 5.08. The van der Waals surface area contributed by atoms with E-state index in [4.69, 9.17) is 29.6 Å². The zero-order chi connectivity index (χ0) is 13.0. The van der Waals surface area contributed by atoms with Crippen LogP contribution in [-0.2, 0) is 10.8 Å². The molecule has 0 radical (unpaired) electrons. The molecule has 0 heterocycles. The van der Waals surface area contributed by atoms with Gasteiger partial charge in [-0.15, -0.1) is 0 Å². The van der Waals surface area contributed by atoms with Crippen molar-refractivity contribution in [1.29, 1.82) is 0 Å². The maximum absolute atomic E-state index is 11.2. The predicted molar refractivity (Wildman–Crippen MR) is 79.4 cm³/mol. The van der Waals surface area contributed by atoms with Crippen LogP contribution in [0.5, 0.6) is 0 Å². The summed E-state index contributed by atoms with van der Waals surface area (Å²) in [4.78, 5) is 0.253. The van der Waals surface area contributed by atoms with E-state index in [1.54, 1.807) is 12.3 Å². The summed E-state index contributed by atoms with van der Waals surface area (Å²) in [6.45, 7) is 2.49. The molecule has 2 unspecified atom stereocenters. The van der Waals surface area contributed by atoms with E-state index in [1.165, 1.54) is 0 Å². The lowest BCUT2D eigenvalue weighted by Crippen LogP contribution is -2.22. The second-order valence-electron chi connectivity index (χ2n) is 3.72. The fourth-order valence-electron chi connectivity index (χ4n) is 1.29. The van der Waals surface area contributed by atoms with Gasteiger partial charge in [0, 0.05) is 34.5 Å². The van der Waals surface area contributed by atoms with Crippen LogP contribution in [0, 0.1) is 0 Å². The van der Waals surface area contributed by atoms with Crippen LogP contribution in [-0.4, -0.2) is 27.2 Å². The Kier molecular flexibility index (Phi) is 5.36. The Morgan fingerprint density at radius 3 is 2.82 bits per heavy atom. The highest BCUT2D eigenvalue weighted by molar-refractivity contribution is 7.84. The van der Waals surface area contributed by atoms with Crippen molar-refractivity contribution >= 4 is 45.3 Å². The minimum Gasteiger partial charge on any atom is -0.389 e. The highest BCUT2D eigenvalue weighted by atomic mass is 35.5. The zero-order valence-corrected chi connectivity index (χ0v) is 12.1. The van der Waals surface area contributed by atoms with E-state index in [0.717, 1.165) is 5.69 Å². The SMILES string of the molecule is CC(CNc1cccc(Cl)c1C(N)=S)S(C)=O. The zero-order valence-electron chi connectivity index (χ0n) is 9.70. The molecule has 17 heavy (non-hydrogen) atoms. The molecule has 0 aliphatic carbocycles. The van der Waals surface area contributed by atoms with Crippen LogP contribution in [0.2, 0.25) is 5.02 Å². The van der Waals surface area contributed by atoms with Crippen molar-refractivity contribution < 1.29 is 4.21 Å². The van der Waals surface area contributed by atoms with Gasteiger partial charge in [-0.3, -0.25) is 4.21 Å². The molecule has 94 valence electrons. The fraction of sp³-hybridized carbons (Fsp3) is 0.364. The first kappa shape index (κ1) is 14.4. The number of nitrogens with two attached hydrogens (primary N) is 1. The summed E-state index contributed by atoms with van der Waals surface area (Å²) in [5.74, 6) is 0. The molecule has 1 aromatic rings. The Balaban J connectivity index is 2.88. The molecular formula is C11H15ClN2OS2. The Hall–Kier alpha value is -0.650. The maximum Gasteiger partial charge on any atom is 0.107 e. The standard InChI is InChI=1S/C11H15ClN2OS2/c1-7(17(2)15)6-14-9-5-3-4-8(12)10(9)11(13)16/h3-5,7,14H,6H2,1-2H3,(H2,13,16). The predicted octanol–water partition coefficient (Wildman–Crippen LogP) is 2.15. The van der Waals surface area contributed by atoms with E-state index in [9.17, 15) is 4.21 Å². The summed E-state index contributed by atoms with van der Waals surface area (Å²) < 4.78 is 11.2. The summed E-state index contributed by atoms with van der Waals surface area (Å²) in [5, 5.41) is 3.74. The highest BCUT2D eigenvalue weighted by Crippen LogP contribution is 2.24. The van der Waals surface area contributed by atoms with E-state index in [2.05, 4.69) is 5.32 Å². The molecule has 3 nitrogen and oxygen atoms in total. The number of hydrogen-bond acceptors (Lipinski definition) is 3. The Labute approximate surface area is 114 Å². The molecule has 0 spiro atoms. The normalized spacial score (nSPS) is 14.1. The quantitative estimate of drug-likeness (QED) is 0.816. The van der Waals surface area contributed by atoms with Crippen LogP contribution in [0.4, 0.5) is 5.69 Å². The third-order valence-electron chi connectivity index (χ3n) is 2.41. The van der Waals surface area contributed by atoms with Gasteiger partial charge in [-0.25, -0.2) is 0 Å². The van der Waals surface area contributed by atoms with Crippen molar-refractivity contribution in [2.45, 2.75) is 12.2 Å². The molecule has 0 aromatic heterocycles. The molecule has 0 saturated carbocycles. The Morgan fingerprint density at radius 1 is 1.65 bits per heavy atom. The molecule has 3 N–H and O–H groups in total. The molecule has 0 amide bonds. The van der Waals surface area contributed by atoms with Crippen LogP contribution in [0.25, 0.3) is 0 Å². The largest absolute Gasteiger partial charge is 0.389 e. The monoisotopic (exact) mass is 290 g/mol. The summed E-state index contributed by atoms with van der Waals surface area (Å²) >= 11 is 11.0. The van der Waals surface area contributed by atoms with Gasteiger partial charge in [0.2, 0.25) is 0 Å². The van der Waals surface area contributed by atoms with E-state index >= 15 is 0 Å². The molecule has 1 rings (SSSR count). The number of rotatable bonds is 5. The summed E-state index contributed by atoms with van der Waals surface area (Å²) in [6.07, 6.45) is 1.68. The number of thiocarbonyl (C=S) groups is 1. The Morgan fingerprint density at radius 2 is 2.29 bits per heavy atom. The number of anilines is 1. The molecule has 1 aromatic carbocycles. The number of hydrogen-bond donors (Lipinski definition) is 2. The minimum absolute atomic E-state index is 0.0492. The van der Waals surface area contributed by atoms with Gasteiger partial charge in [0.05, 0.1) is 10.6 Å². The van der Waals surface area contributed by atoms with Gasteiger partial charge in [0.25, 0.3) is 0 Å². The van der Waals surface area contributed by atoms with Gasteiger partial charge >= 0.3 is 0 Å². The molecule has 0 aliphatic heterocycles. The molecule has 6 heteroatoms. The summed E-state index contributed by atoms with van der Waals surface area (Å²) in [7, 11) is -0.866. The fourth-order valence-corrected chi connectivity index (χ4v) is 2.16. The van der Waals surface area contributed by atoms with E-state index in [-0.39, 0.29) is 10.2 Å². The first-order valence-corrected chi connectivity index (χ1v) is 7.48. The number of benzene rings is 1. The lowest BCUT2D eigenvalue weighted by molar-refractivity contribution is 0.679. The summed E-state index contributed by atoms with van der Waals surface area (Å²) in [6, 6.07) is 5.41. The maximum atomic E-state index is 11.2. The van der Waals surface area contributed by atoms with E-state index < -0.39 is 10.8 Å². The first-order chi connectivity index (χ1) is 7.93. The lowest BCUT2D eigenvalue weighted by atomic mass is 10.1.